The average Bonchev–Trinajstić information content (AvgIpc) is 3.08. The van der Waals surface area contributed by atoms with E-state index in [2.05, 4.69) is 39.9 Å². The fourth-order valence-electron chi connectivity index (χ4n) is 3.77. The molecular formula is C20H26N4O. The molecule has 0 unspecified atom stereocenters. The summed E-state index contributed by atoms with van der Waals surface area (Å²) in [6, 6.07) is 8.52. The van der Waals surface area contributed by atoms with Crippen LogP contribution in [0.4, 0.5) is 5.82 Å². The van der Waals surface area contributed by atoms with Crippen molar-refractivity contribution in [2.75, 3.05) is 37.7 Å². The first-order valence-corrected chi connectivity index (χ1v) is 9.18. The van der Waals surface area contributed by atoms with Crippen LogP contribution in [0.25, 0.3) is 0 Å². The molecule has 0 spiro atoms. The van der Waals surface area contributed by atoms with Gasteiger partial charge in [-0.25, -0.2) is 4.98 Å². The number of rotatable bonds is 4. The summed E-state index contributed by atoms with van der Waals surface area (Å²) in [7, 11) is 0. The van der Waals surface area contributed by atoms with E-state index in [0.29, 0.717) is 5.92 Å². The molecule has 132 valence electrons. The highest BCUT2D eigenvalue weighted by atomic mass is 16.5. The Bertz CT molecular complexity index is 700. The highest BCUT2D eigenvalue weighted by Crippen LogP contribution is 2.26. The van der Waals surface area contributed by atoms with Gasteiger partial charge in [0.05, 0.1) is 6.61 Å². The second-order valence-electron chi connectivity index (χ2n) is 7.18. The highest BCUT2D eigenvalue weighted by molar-refractivity contribution is 5.49. The topological polar surface area (TPSA) is 41.5 Å². The molecule has 1 atom stereocenters. The van der Waals surface area contributed by atoms with Crippen molar-refractivity contribution in [3.8, 4) is 0 Å². The lowest BCUT2D eigenvalue weighted by Crippen LogP contribution is -2.34. The summed E-state index contributed by atoms with van der Waals surface area (Å²) in [5.74, 6) is 1.81. The first-order chi connectivity index (χ1) is 12.3. The normalized spacial score (nSPS) is 21.2. The molecule has 5 nitrogen and oxygen atoms in total. The largest absolute Gasteiger partial charge is 0.381 e. The maximum atomic E-state index is 5.56. The van der Waals surface area contributed by atoms with Crippen molar-refractivity contribution in [3.63, 3.8) is 0 Å². The molecule has 0 bridgehead atoms. The lowest BCUT2D eigenvalue weighted by Gasteiger charge is -2.25. The van der Waals surface area contributed by atoms with Crippen molar-refractivity contribution in [2.45, 2.75) is 26.4 Å². The van der Waals surface area contributed by atoms with E-state index < -0.39 is 0 Å². The van der Waals surface area contributed by atoms with E-state index >= 15 is 0 Å². The summed E-state index contributed by atoms with van der Waals surface area (Å²) >= 11 is 0. The first kappa shape index (κ1) is 16.5. The lowest BCUT2D eigenvalue weighted by molar-refractivity contribution is 0.166. The molecule has 0 N–H and O–H groups in total. The van der Waals surface area contributed by atoms with Crippen LogP contribution in [0, 0.1) is 12.8 Å². The minimum atomic E-state index is 0.673. The summed E-state index contributed by atoms with van der Waals surface area (Å²) in [6.45, 7) is 8.91. The van der Waals surface area contributed by atoms with E-state index in [0.717, 1.165) is 57.4 Å². The van der Waals surface area contributed by atoms with Crippen molar-refractivity contribution in [1.29, 1.82) is 0 Å². The van der Waals surface area contributed by atoms with Crippen LogP contribution in [0.3, 0.4) is 0 Å². The third-order valence-corrected chi connectivity index (χ3v) is 5.11. The van der Waals surface area contributed by atoms with Gasteiger partial charge in [0.25, 0.3) is 0 Å². The monoisotopic (exact) mass is 338 g/mol. The third kappa shape index (κ3) is 3.99. The summed E-state index contributed by atoms with van der Waals surface area (Å²) in [4.78, 5) is 14.1. The van der Waals surface area contributed by atoms with Gasteiger partial charge >= 0.3 is 0 Å². The smallest absolute Gasteiger partial charge is 0.133 e. The van der Waals surface area contributed by atoms with E-state index in [4.69, 9.17) is 9.72 Å². The molecule has 2 aromatic rings. The van der Waals surface area contributed by atoms with Crippen LogP contribution >= 0.6 is 0 Å². The van der Waals surface area contributed by atoms with E-state index in [1.54, 1.807) is 0 Å². The van der Waals surface area contributed by atoms with Crippen molar-refractivity contribution in [3.05, 3.63) is 53.5 Å². The predicted molar refractivity (Wildman–Crippen MR) is 98.5 cm³/mol. The van der Waals surface area contributed by atoms with Gasteiger partial charge in [0, 0.05) is 63.0 Å². The number of hydrogen-bond acceptors (Lipinski definition) is 5. The molecule has 0 amide bonds. The molecule has 0 saturated carbocycles. The number of aryl methyl sites for hydroxylation is 1. The van der Waals surface area contributed by atoms with Gasteiger partial charge in [-0.15, -0.1) is 0 Å². The quantitative estimate of drug-likeness (QED) is 0.857. The van der Waals surface area contributed by atoms with Gasteiger partial charge in [-0.2, -0.15) is 0 Å². The van der Waals surface area contributed by atoms with E-state index in [1.807, 2.05) is 18.5 Å². The molecule has 2 aliphatic heterocycles. The Morgan fingerprint density at radius 1 is 1.24 bits per heavy atom. The molecule has 5 heteroatoms. The first-order valence-electron chi connectivity index (χ1n) is 9.18. The van der Waals surface area contributed by atoms with Crippen LogP contribution in [0.2, 0.25) is 0 Å². The van der Waals surface area contributed by atoms with Gasteiger partial charge < -0.3 is 9.64 Å². The van der Waals surface area contributed by atoms with Gasteiger partial charge in [0.2, 0.25) is 0 Å². The Morgan fingerprint density at radius 2 is 2.20 bits per heavy atom. The standard InChI is InChI=1S/C20H26N4O/c1-16-4-5-19-14-23(12-18-6-10-25-15-18)8-9-24(20(19)22-16)13-17-3-2-7-21-11-17/h2-5,7,11,18H,6,8-10,12-15H2,1H3/t18-/m0/s1. The number of ether oxygens (including phenoxy) is 1. The number of anilines is 1. The number of pyridine rings is 2. The van der Waals surface area contributed by atoms with E-state index in [-0.39, 0.29) is 0 Å². The van der Waals surface area contributed by atoms with Crippen LogP contribution in [-0.4, -0.2) is 47.7 Å². The molecular weight excluding hydrogens is 312 g/mol. The van der Waals surface area contributed by atoms with E-state index in [9.17, 15) is 0 Å². The van der Waals surface area contributed by atoms with Crippen LogP contribution in [0.1, 0.15) is 23.2 Å². The van der Waals surface area contributed by atoms with Crippen LogP contribution in [0.15, 0.2) is 36.7 Å². The second kappa shape index (κ2) is 7.50. The number of aromatic nitrogens is 2. The predicted octanol–water partition coefficient (Wildman–Crippen LogP) is 2.64. The average molecular weight is 338 g/mol. The number of fused-ring (bicyclic) bond motifs is 1. The van der Waals surface area contributed by atoms with Crippen LogP contribution in [0.5, 0.6) is 0 Å². The Labute approximate surface area is 149 Å². The Hall–Kier alpha value is -1.98. The van der Waals surface area contributed by atoms with E-state index in [1.165, 1.54) is 17.5 Å². The minimum absolute atomic E-state index is 0.673. The van der Waals surface area contributed by atoms with Crippen molar-refractivity contribution < 1.29 is 4.74 Å². The van der Waals surface area contributed by atoms with Crippen LogP contribution in [-0.2, 0) is 17.8 Å². The zero-order chi connectivity index (χ0) is 17.1. The van der Waals surface area contributed by atoms with Crippen molar-refractivity contribution in [1.82, 2.24) is 14.9 Å². The number of hydrogen-bond donors (Lipinski definition) is 0. The SMILES string of the molecule is Cc1ccc2c(n1)N(Cc1cccnc1)CCN(C[C@@H]1CCOC1)C2. The van der Waals surface area contributed by atoms with Gasteiger partial charge in [-0.05, 0) is 37.0 Å². The molecule has 1 saturated heterocycles. The summed E-state index contributed by atoms with van der Waals surface area (Å²) in [6.07, 6.45) is 4.97. The highest BCUT2D eigenvalue weighted by Gasteiger charge is 2.25. The van der Waals surface area contributed by atoms with Gasteiger partial charge in [0.15, 0.2) is 0 Å². The fraction of sp³-hybridized carbons (Fsp3) is 0.500. The van der Waals surface area contributed by atoms with Crippen molar-refractivity contribution >= 4 is 5.82 Å². The van der Waals surface area contributed by atoms with Crippen LogP contribution < -0.4 is 4.90 Å². The zero-order valence-electron chi connectivity index (χ0n) is 14.9. The maximum Gasteiger partial charge on any atom is 0.133 e. The minimum Gasteiger partial charge on any atom is -0.381 e. The fourth-order valence-corrected chi connectivity index (χ4v) is 3.77. The third-order valence-electron chi connectivity index (χ3n) is 5.11. The molecule has 4 rings (SSSR count). The van der Waals surface area contributed by atoms with Crippen molar-refractivity contribution in [2.24, 2.45) is 5.92 Å². The second-order valence-corrected chi connectivity index (χ2v) is 7.18. The molecule has 4 heterocycles. The molecule has 0 radical (unpaired) electrons. The Balaban J connectivity index is 1.55. The van der Waals surface area contributed by atoms with Gasteiger partial charge in [-0.1, -0.05) is 12.1 Å². The molecule has 0 aromatic carbocycles. The molecule has 2 aromatic heterocycles. The Kier molecular flexibility index (Phi) is 4.95. The van der Waals surface area contributed by atoms with Gasteiger partial charge in [-0.3, -0.25) is 9.88 Å². The summed E-state index contributed by atoms with van der Waals surface area (Å²) in [5, 5.41) is 0. The summed E-state index contributed by atoms with van der Waals surface area (Å²) < 4.78 is 5.56. The lowest BCUT2D eigenvalue weighted by atomic mass is 10.1. The van der Waals surface area contributed by atoms with Gasteiger partial charge in [0.1, 0.15) is 5.82 Å². The molecule has 1 fully saturated rings. The molecule has 0 aliphatic carbocycles. The number of nitrogens with zero attached hydrogens (tertiary/aromatic N) is 4. The zero-order valence-corrected chi connectivity index (χ0v) is 14.9. The maximum absolute atomic E-state index is 5.56. The molecule has 2 aliphatic rings. The summed E-state index contributed by atoms with van der Waals surface area (Å²) in [5.41, 5.74) is 3.63. The Morgan fingerprint density at radius 3 is 3.00 bits per heavy atom. The molecule has 25 heavy (non-hydrogen) atoms.